The average Bonchev–Trinajstić information content (AvgIpc) is 2.70. The summed E-state index contributed by atoms with van der Waals surface area (Å²) in [6, 6.07) is 17.0. The van der Waals surface area contributed by atoms with Gasteiger partial charge in [0.2, 0.25) is 11.8 Å². The highest BCUT2D eigenvalue weighted by Gasteiger charge is 2.26. The molecule has 1 atom stereocenters. The molecule has 0 aliphatic carbocycles. The molecule has 1 N–H and O–H groups in total. The van der Waals surface area contributed by atoms with Gasteiger partial charge in [-0.05, 0) is 62.8 Å². The van der Waals surface area contributed by atoms with Crippen LogP contribution in [-0.2, 0) is 16.1 Å². The zero-order valence-corrected chi connectivity index (χ0v) is 18.8. The molecule has 156 valence electrons. The van der Waals surface area contributed by atoms with E-state index in [0.29, 0.717) is 13.0 Å². The summed E-state index contributed by atoms with van der Waals surface area (Å²) in [5, 5.41) is 3.63. The molecule has 2 amide bonds. The summed E-state index contributed by atoms with van der Waals surface area (Å²) in [5.41, 5.74) is 1.01. The predicted octanol–water partition coefficient (Wildman–Crippen LogP) is 5.15. The Bertz CT molecular complexity index is 781. The average molecular weight is 433 g/mol. The molecular weight excluding hydrogens is 404 g/mol. The number of halogens is 1. The van der Waals surface area contributed by atoms with Gasteiger partial charge < -0.3 is 10.2 Å². The van der Waals surface area contributed by atoms with Gasteiger partial charge in [0.1, 0.15) is 6.04 Å². The van der Waals surface area contributed by atoms with Gasteiger partial charge in [0.25, 0.3) is 0 Å². The maximum absolute atomic E-state index is 13.0. The molecule has 0 aromatic heterocycles. The van der Waals surface area contributed by atoms with Crippen LogP contribution < -0.4 is 5.32 Å². The van der Waals surface area contributed by atoms with E-state index in [-0.39, 0.29) is 17.9 Å². The highest BCUT2D eigenvalue weighted by atomic mass is 35.5. The van der Waals surface area contributed by atoms with Crippen LogP contribution in [-0.4, -0.2) is 34.6 Å². The summed E-state index contributed by atoms with van der Waals surface area (Å²) in [5.74, 6) is 0.704. The summed E-state index contributed by atoms with van der Waals surface area (Å²) in [6.45, 7) is 6.06. The number of hydrogen-bond acceptors (Lipinski definition) is 3. The Labute approximate surface area is 183 Å². The van der Waals surface area contributed by atoms with E-state index < -0.39 is 6.04 Å². The fourth-order valence-electron chi connectivity index (χ4n) is 2.86. The van der Waals surface area contributed by atoms with Gasteiger partial charge in [-0.25, -0.2) is 0 Å². The number of carbonyl (C=O) groups excluding carboxylic acids is 2. The Kier molecular flexibility index (Phi) is 9.55. The second-order valence-corrected chi connectivity index (χ2v) is 8.86. The lowest BCUT2D eigenvalue weighted by Gasteiger charge is -2.29. The topological polar surface area (TPSA) is 49.4 Å². The van der Waals surface area contributed by atoms with Crippen molar-refractivity contribution in [1.29, 1.82) is 0 Å². The molecular formula is C23H29ClN2O2S. The molecule has 2 rings (SSSR count). The smallest absolute Gasteiger partial charge is 0.242 e. The summed E-state index contributed by atoms with van der Waals surface area (Å²) in [7, 11) is 0. The number of hydrogen-bond donors (Lipinski definition) is 1. The third-order valence-electron chi connectivity index (χ3n) is 4.41. The van der Waals surface area contributed by atoms with Crippen LogP contribution >= 0.6 is 23.4 Å². The van der Waals surface area contributed by atoms with E-state index in [1.165, 1.54) is 0 Å². The molecule has 0 radical (unpaired) electrons. The number of carbonyl (C=O) groups is 2. The van der Waals surface area contributed by atoms with E-state index in [9.17, 15) is 9.59 Å². The predicted molar refractivity (Wildman–Crippen MR) is 121 cm³/mol. The van der Waals surface area contributed by atoms with E-state index in [1.807, 2.05) is 68.4 Å². The quantitative estimate of drug-likeness (QED) is 0.417. The van der Waals surface area contributed by atoms with Gasteiger partial charge in [0.05, 0.1) is 0 Å². The monoisotopic (exact) mass is 432 g/mol. The minimum absolute atomic E-state index is 0.00281. The minimum atomic E-state index is -0.519. The normalized spacial score (nSPS) is 11.9. The maximum atomic E-state index is 13.0. The lowest BCUT2D eigenvalue weighted by atomic mass is 10.1. The summed E-state index contributed by atoms with van der Waals surface area (Å²) < 4.78 is 0. The Hall–Kier alpha value is -1.98. The molecule has 29 heavy (non-hydrogen) atoms. The van der Waals surface area contributed by atoms with Crippen LogP contribution in [0.15, 0.2) is 59.5 Å². The lowest BCUT2D eigenvalue weighted by molar-refractivity contribution is -0.140. The molecule has 0 spiro atoms. The van der Waals surface area contributed by atoms with Gasteiger partial charge in [-0.15, -0.1) is 11.8 Å². The van der Waals surface area contributed by atoms with Crippen molar-refractivity contribution in [2.75, 3.05) is 5.75 Å². The fourth-order valence-corrected chi connectivity index (χ4v) is 3.83. The summed E-state index contributed by atoms with van der Waals surface area (Å²) in [4.78, 5) is 28.3. The molecule has 6 heteroatoms. The molecule has 0 heterocycles. The Morgan fingerprint density at radius 3 is 2.31 bits per heavy atom. The van der Waals surface area contributed by atoms with Crippen LogP contribution in [0.3, 0.4) is 0 Å². The Morgan fingerprint density at radius 2 is 1.69 bits per heavy atom. The standard InChI is InChI=1S/C23H29ClN2O2S/c1-17(2)25-23(28)18(3)26(16-19-8-5-4-6-9-19)22(27)10-7-15-29-21-13-11-20(24)12-14-21/h4-6,8-9,11-14,17-18H,7,10,15-16H2,1-3H3,(H,25,28)/t18-/m0/s1. The van der Waals surface area contributed by atoms with Gasteiger partial charge in [-0.3, -0.25) is 9.59 Å². The van der Waals surface area contributed by atoms with Gasteiger partial charge in [-0.2, -0.15) is 0 Å². The summed E-state index contributed by atoms with van der Waals surface area (Å²) >= 11 is 7.61. The first kappa shape index (κ1) is 23.3. The third-order valence-corrected chi connectivity index (χ3v) is 5.76. The van der Waals surface area contributed by atoms with Gasteiger partial charge in [0.15, 0.2) is 0 Å². The molecule has 0 saturated heterocycles. The van der Waals surface area contributed by atoms with Crippen LogP contribution in [0, 0.1) is 0 Å². The van der Waals surface area contributed by atoms with Crippen molar-refractivity contribution in [3.8, 4) is 0 Å². The van der Waals surface area contributed by atoms with Crippen LogP contribution in [0.5, 0.6) is 0 Å². The van der Waals surface area contributed by atoms with Crippen LogP contribution in [0.25, 0.3) is 0 Å². The molecule has 0 fully saturated rings. The SMILES string of the molecule is CC(C)NC(=O)[C@H](C)N(Cc1ccccc1)C(=O)CCCSc1ccc(Cl)cc1. The van der Waals surface area contributed by atoms with Crippen LogP contribution in [0.2, 0.25) is 5.02 Å². The lowest BCUT2D eigenvalue weighted by Crippen LogP contribution is -2.49. The molecule has 0 unspecified atom stereocenters. The number of amides is 2. The first-order chi connectivity index (χ1) is 13.9. The Balaban J connectivity index is 1.95. The Morgan fingerprint density at radius 1 is 1.03 bits per heavy atom. The van der Waals surface area contributed by atoms with Crippen molar-refractivity contribution in [3.05, 3.63) is 65.2 Å². The van der Waals surface area contributed by atoms with Crippen LogP contribution in [0.4, 0.5) is 0 Å². The molecule has 0 aliphatic rings. The van der Waals surface area contributed by atoms with E-state index >= 15 is 0 Å². The molecule has 2 aromatic rings. The van der Waals surface area contributed by atoms with Gasteiger partial charge >= 0.3 is 0 Å². The summed E-state index contributed by atoms with van der Waals surface area (Å²) in [6.07, 6.45) is 1.16. The fraction of sp³-hybridized carbons (Fsp3) is 0.391. The zero-order valence-electron chi connectivity index (χ0n) is 17.2. The zero-order chi connectivity index (χ0) is 21.2. The van der Waals surface area contributed by atoms with Gasteiger partial charge in [-0.1, -0.05) is 41.9 Å². The second kappa shape index (κ2) is 11.9. The van der Waals surface area contributed by atoms with E-state index in [1.54, 1.807) is 23.6 Å². The second-order valence-electron chi connectivity index (χ2n) is 7.25. The van der Waals surface area contributed by atoms with Crippen molar-refractivity contribution >= 4 is 35.2 Å². The number of nitrogens with zero attached hydrogens (tertiary/aromatic N) is 1. The van der Waals surface area contributed by atoms with E-state index in [0.717, 1.165) is 27.7 Å². The van der Waals surface area contributed by atoms with Crippen LogP contribution in [0.1, 0.15) is 39.2 Å². The number of benzene rings is 2. The van der Waals surface area contributed by atoms with Crippen molar-refractivity contribution in [2.24, 2.45) is 0 Å². The molecule has 4 nitrogen and oxygen atoms in total. The van der Waals surface area contributed by atoms with Gasteiger partial charge in [0, 0.05) is 28.9 Å². The van der Waals surface area contributed by atoms with Crippen molar-refractivity contribution in [2.45, 2.75) is 57.1 Å². The highest BCUT2D eigenvalue weighted by Crippen LogP contribution is 2.22. The van der Waals surface area contributed by atoms with Crippen molar-refractivity contribution in [3.63, 3.8) is 0 Å². The minimum Gasteiger partial charge on any atom is -0.352 e. The highest BCUT2D eigenvalue weighted by molar-refractivity contribution is 7.99. The van der Waals surface area contributed by atoms with Crippen molar-refractivity contribution < 1.29 is 9.59 Å². The maximum Gasteiger partial charge on any atom is 0.242 e. The third kappa shape index (κ3) is 8.11. The number of thioether (sulfide) groups is 1. The van der Waals surface area contributed by atoms with E-state index in [2.05, 4.69) is 5.32 Å². The van der Waals surface area contributed by atoms with E-state index in [4.69, 9.17) is 11.6 Å². The molecule has 0 aliphatic heterocycles. The first-order valence-electron chi connectivity index (χ1n) is 9.89. The first-order valence-corrected chi connectivity index (χ1v) is 11.3. The largest absolute Gasteiger partial charge is 0.352 e. The molecule has 2 aromatic carbocycles. The molecule has 0 bridgehead atoms. The number of rotatable bonds is 10. The van der Waals surface area contributed by atoms with Crippen molar-refractivity contribution in [1.82, 2.24) is 10.2 Å². The molecule has 0 saturated carbocycles. The number of nitrogens with one attached hydrogen (secondary N) is 1.